The lowest BCUT2D eigenvalue weighted by atomic mass is 9.96. The van der Waals surface area contributed by atoms with Gasteiger partial charge in [0, 0.05) is 5.56 Å². The second-order valence-corrected chi connectivity index (χ2v) is 7.89. The van der Waals surface area contributed by atoms with Gasteiger partial charge in [-0.2, -0.15) is 0 Å². The number of halogens is 1. The molecule has 4 aromatic rings. The largest absolute Gasteiger partial charge is 0.271 e. The Balaban J connectivity index is 1.72. The molecule has 0 bridgehead atoms. The monoisotopic (exact) mass is 413 g/mol. The van der Waals surface area contributed by atoms with Crippen LogP contribution >= 0.6 is 11.3 Å². The molecule has 0 saturated carbocycles. The fourth-order valence-corrected chi connectivity index (χ4v) is 4.48. The van der Waals surface area contributed by atoms with Crippen LogP contribution in [0.4, 0.5) is 4.39 Å². The van der Waals surface area contributed by atoms with Crippen LogP contribution in [0.1, 0.15) is 22.7 Å². The van der Waals surface area contributed by atoms with Crippen molar-refractivity contribution in [1.29, 1.82) is 0 Å². The normalized spacial score (nSPS) is 16.0. The number of hydrogen-bond donors (Lipinski definition) is 0. The fourth-order valence-electron chi connectivity index (χ4n) is 3.54. The highest BCUT2D eigenvalue weighted by atomic mass is 32.1. The van der Waals surface area contributed by atoms with Gasteiger partial charge in [-0.15, -0.1) is 10.2 Å². The van der Waals surface area contributed by atoms with Crippen molar-refractivity contribution in [2.45, 2.75) is 6.04 Å². The topological polar surface area (TPSA) is 46.7 Å². The van der Waals surface area contributed by atoms with Crippen LogP contribution in [-0.2, 0) is 0 Å². The molecule has 0 N–H and O–H groups in total. The summed E-state index contributed by atoms with van der Waals surface area (Å²) in [6.45, 7) is 0. The molecular formula is C24H16FN3OS. The first kappa shape index (κ1) is 18.4. The van der Waals surface area contributed by atoms with Gasteiger partial charge in [-0.1, -0.05) is 84.1 Å². The Morgan fingerprint density at radius 1 is 0.867 bits per heavy atom. The third-order valence-corrected chi connectivity index (χ3v) is 5.92. The molecule has 1 aliphatic rings. The molecule has 0 fully saturated rings. The van der Waals surface area contributed by atoms with E-state index in [1.165, 1.54) is 23.5 Å². The molecule has 3 aromatic carbocycles. The smallest absolute Gasteiger partial charge is 0.268 e. The van der Waals surface area contributed by atoms with Gasteiger partial charge in [0.05, 0.1) is 10.2 Å². The summed E-state index contributed by atoms with van der Waals surface area (Å²) in [6.07, 6.45) is 1.76. The van der Waals surface area contributed by atoms with Gasteiger partial charge in [-0.3, -0.25) is 9.36 Å². The zero-order valence-corrected chi connectivity index (χ0v) is 16.6. The summed E-state index contributed by atoms with van der Waals surface area (Å²) >= 11 is 1.28. The van der Waals surface area contributed by atoms with Gasteiger partial charge in [-0.05, 0) is 29.3 Å². The highest BCUT2D eigenvalue weighted by molar-refractivity contribution is 7.07. The number of nitrogens with zero attached hydrogens (tertiary/aromatic N) is 3. The Morgan fingerprint density at radius 2 is 1.53 bits per heavy atom. The number of fused-ring (bicyclic) bond motifs is 1. The first-order valence-electron chi connectivity index (χ1n) is 9.45. The van der Waals surface area contributed by atoms with Crippen LogP contribution in [0.5, 0.6) is 0 Å². The molecular weight excluding hydrogens is 397 g/mol. The van der Waals surface area contributed by atoms with Gasteiger partial charge in [-0.25, -0.2) is 4.39 Å². The van der Waals surface area contributed by atoms with E-state index in [2.05, 4.69) is 10.2 Å². The summed E-state index contributed by atoms with van der Waals surface area (Å²) in [6, 6.07) is 25.3. The maximum absolute atomic E-state index is 13.4. The van der Waals surface area contributed by atoms with Crippen molar-refractivity contribution >= 4 is 23.1 Å². The Labute approximate surface area is 175 Å². The molecule has 1 aromatic heterocycles. The summed E-state index contributed by atoms with van der Waals surface area (Å²) in [5, 5.41) is 8.85. The maximum Gasteiger partial charge on any atom is 0.271 e. The third-order valence-electron chi connectivity index (χ3n) is 4.95. The SMILES string of the molecule is O=c1/c(=C\c2ccc(F)cc2)sc2n1[C@@H](c1ccccc1)C(c1ccccc1)=NN=2. The molecule has 6 heteroatoms. The van der Waals surface area contributed by atoms with Crippen molar-refractivity contribution in [2.75, 3.05) is 0 Å². The zero-order chi connectivity index (χ0) is 20.5. The van der Waals surface area contributed by atoms with Gasteiger partial charge >= 0.3 is 0 Å². The Kier molecular flexibility index (Phi) is 4.69. The van der Waals surface area contributed by atoms with E-state index >= 15 is 0 Å². The quantitative estimate of drug-likeness (QED) is 0.507. The van der Waals surface area contributed by atoms with Crippen molar-refractivity contribution in [1.82, 2.24) is 4.57 Å². The minimum absolute atomic E-state index is 0.139. The predicted molar refractivity (Wildman–Crippen MR) is 117 cm³/mol. The average Bonchev–Trinajstić information content (AvgIpc) is 3.11. The highest BCUT2D eigenvalue weighted by Gasteiger charge is 2.28. The van der Waals surface area contributed by atoms with Gasteiger partial charge in [0.1, 0.15) is 11.9 Å². The van der Waals surface area contributed by atoms with Crippen LogP contribution in [0.25, 0.3) is 6.08 Å². The van der Waals surface area contributed by atoms with Crippen molar-refractivity contribution in [3.05, 3.63) is 127 Å². The summed E-state index contributed by atoms with van der Waals surface area (Å²) in [7, 11) is 0. The third kappa shape index (κ3) is 3.31. The molecule has 0 unspecified atom stereocenters. The average molecular weight is 413 g/mol. The number of aromatic nitrogens is 1. The minimum atomic E-state index is -0.375. The minimum Gasteiger partial charge on any atom is -0.268 e. The van der Waals surface area contributed by atoms with E-state index in [0.29, 0.717) is 9.33 Å². The van der Waals surface area contributed by atoms with Crippen molar-refractivity contribution in [2.24, 2.45) is 10.2 Å². The van der Waals surface area contributed by atoms with E-state index in [1.54, 1.807) is 22.8 Å². The molecule has 0 amide bonds. The number of rotatable bonds is 3. The van der Waals surface area contributed by atoms with E-state index in [9.17, 15) is 9.18 Å². The van der Waals surface area contributed by atoms with Crippen molar-refractivity contribution in [3.8, 4) is 0 Å². The Morgan fingerprint density at radius 3 is 2.23 bits per heavy atom. The summed E-state index contributed by atoms with van der Waals surface area (Å²) in [4.78, 5) is 13.9. The maximum atomic E-state index is 13.4. The summed E-state index contributed by atoms with van der Waals surface area (Å²) in [5.74, 6) is -0.311. The second kappa shape index (κ2) is 7.65. The van der Waals surface area contributed by atoms with Crippen molar-refractivity contribution < 1.29 is 4.39 Å². The first-order valence-corrected chi connectivity index (χ1v) is 10.3. The number of thiazole rings is 1. The summed E-state index contributed by atoms with van der Waals surface area (Å²) in [5.41, 5.74) is 3.23. The van der Waals surface area contributed by atoms with Crippen LogP contribution in [0.3, 0.4) is 0 Å². The molecule has 0 radical (unpaired) electrons. The molecule has 0 spiro atoms. The Hall–Kier alpha value is -3.64. The lowest BCUT2D eigenvalue weighted by Gasteiger charge is -2.22. The summed E-state index contributed by atoms with van der Waals surface area (Å²) < 4.78 is 15.5. The van der Waals surface area contributed by atoms with E-state index in [0.717, 1.165) is 22.4 Å². The van der Waals surface area contributed by atoms with Crippen LogP contribution in [0.2, 0.25) is 0 Å². The molecule has 146 valence electrons. The second-order valence-electron chi connectivity index (χ2n) is 6.88. The highest BCUT2D eigenvalue weighted by Crippen LogP contribution is 2.23. The molecule has 0 aliphatic carbocycles. The van der Waals surface area contributed by atoms with Gasteiger partial charge in [0.15, 0.2) is 0 Å². The molecule has 0 saturated heterocycles. The molecule has 1 atom stereocenters. The van der Waals surface area contributed by atoms with Crippen molar-refractivity contribution in [3.63, 3.8) is 0 Å². The molecule has 5 rings (SSSR count). The van der Waals surface area contributed by atoms with Crippen LogP contribution < -0.4 is 14.9 Å². The van der Waals surface area contributed by atoms with Gasteiger partial charge < -0.3 is 0 Å². The molecule has 2 heterocycles. The standard InChI is InChI=1S/C24H16FN3OS/c25-19-13-11-16(12-14-19)15-20-23(29)28-22(18-9-5-2-6-10-18)21(26-27-24(28)30-20)17-7-3-1-4-8-17/h1-15,22H/b20-15+/t22-/m0/s1. The van der Waals surface area contributed by atoms with Gasteiger partial charge in [0.25, 0.3) is 5.56 Å². The zero-order valence-electron chi connectivity index (χ0n) is 15.8. The molecule has 4 nitrogen and oxygen atoms in total. The molecule has 30 heavy (non-hydrogen) atoms. The lowest BCUT2D eigenvalue weighted by molar-refractivity contribution is 0.628. The lowest BCUT2D eigenvalue weighted by Crippen LogP contribution is -2.40. The first-order chi connectivity index (χ1) is 14.7. The Bertz CT molecular complexity index is 1410. The van der Waals surface area contributed by atoms with E-state index in [-0.39, 0.29) is 17.4 Å². The van der Waals surface area contributed by atoms with E-state index < -0.39 is 0 Å². The predicted octanol–water partition coefficient (Wildman–Crippen LogP) is 3.50. The van der Waals surface area contributed by atoms with Gasteiger partial charge in [0.2, 0.25) is 4.80 Å². The van der Waals surface area contributed by atoms with E-state index in [1.807, 2.05) is 60.7 Å². The van der Waals surface area contributed by atoms with E-state index in [4.69, 9.17) is 0 Å². The van der Waals surface area contributed by atoms with Crippen LogP contribution in [-0.4, -0.2) is 10.3 Å². The number of hydrogen-bond acceptors (Lipinski definition) is 4. The van der Waals surface area contributed by atoms with Crippen LogP contribution in [0.15, 0.2) is 99.9 Å². The van der Waals surface area contributed by atoms with Crippen LogP contribution in [0, 0.1) is 5.82 Å². The molecule has 1 aliphatic heterocycles. The fraction of sp³-hybridized carbons (Fsp3) is 0.0417. The number of benzene rings is 3.